The summed E-state index contributed by atoms with van der Waals surface area (Å²) in [7, 11) is 0. The van der Waals surface area contributed by atoms with Gasteiger partial charge in [0.2, 0.25) is 0 Å². The van der Waals surface area contributed by atoms with E-state index in [1.165, 1.54) is 13.8 Å². The van der Waals surface area contributed by atoms with Gasteiger partial charge in [0.25, 0.3) is 0 Å². The van der Waals surface area contributed by atoms with Crippen molar-refractivity contribution in [2.75, 3.05) is 0 Å². The molecule has 0 amide bonds. The molecule has 1 aliphatic rings. The highest BCUT2D eigenvalue weighted by molar-refractivity contribution is 7.09. The molecule has 0 saturated carbocycles. The summed E-state index contributed by atoms with van der Waals surface area (Å²) in [6, 6.07) is -0.105. The van der Waals surface area contributed by atoms with Gasteiger partial charge in [-0.25, -0.2) is 4.98 Å². The van der Waals surface area contributed by atoms with Crippen molar-refractivity contribution in [3.8, 4) is 0 Å². The first-order valence-corrected chi connectivity index (χ1v) is 13.6. The zero-order valence-electron chi connectivity index (χ0n) is 22.7. The molecule has 0 aromatic carbocycles. The number of Topliss-reactive ketones (excluding diaryl/α,β-unsaturated/α-hetero) is 1. The maximum Gasteiger partial charge on any atom is 0.306 e. The van der Waals surface area contributed by atoms with Gasteiger partial charge in [-0.1, -0.05) is 39.7 Å². The van der Waals surface area contributed by atoms with Crippen molar-refractivity contribution >= 4 is 29.2 Å². The molecule has 1 fully saturated rings. The average molecular weight is 525 g/mol. The molecular formula is C27H44N2O6S. The summed E-state index contributed by atoms with van der Waals surface area (Å²) >= 11 is 1.61. The summed E-state index contributed by atoms with van der Waals surface area (Å²) in [6.45, 7) is 12.7. The number of carboxylic acids is 1. The number of aryl methyl sites for hydroxylation is 1. The van der Waals surface area contributed by atoms with E-state index in [0.717, 1.165) is 42.0 Å². The van der Waals surface area contributed by atoms with E-state index < -0.39 is 35.9 Å². The normalized spacial score (nSPS) is 24.6. The number of epoxide rings is 1. The number of ketones is 1. The predicted octanol–water partition coefficient (Wildman–Crippen LogP) is 3.96. The Labute approximate surface area is 219 Å². The van der Waals surface area contributed by atoms with E-state index in [0.29, 0.717) is 0 Å². The van der Waals surface area contributed by atoms with Crippen molar-refractivity contribution in [2.45, 2.75) is 111 Å². The molecule has 36 heavy (non-hydrogen) atoms. The van der Waals surface area contributed by atoms with E-state index in [1.807, 2.05) is 32.2 Å². The number of nitrogens with two attached hydrogens (primary N) is 1. The van der Waals surface area contributed by atoms with Gasteiger partial charge in [-0.05, 0) is 52.0 Å². The van der Waals surface area contributed by atoms with Gasteiger partial charge in [0.15, 0.2) is 0 Å². The Kier molecular flexibility index (Phi) is 10.4. The van der Waals surface area contributed by atoms with E-state index in [1.54, 1.807) is 18.3 Å². The van der Waals surface area contributed by atoms with Crippen LogP contribution in [0.2, 0.25) is 0 Å². The van der Waals surface area contributed by atoms with E-state index in [9.17, 15) is 19.8 Å². The number of aliphatic hydroxyl groups excluding tert-OH is 2. The molecule has 0 radical (unpaired) electrons. The van der Waals surface area contributed by atoms with Crippen molar-refractivity contribution in [1.29, 1.82) is 0 Å². The number of carbonyl (C=O) groups is 2. The lowest BCUT2D eigenvalue weighted by Crippen LogP contribution is -2.45. The van der Waals surface area contributed by atoms with Crippen LogP contribution in [-0.4, -0.2) is 62.0 Å². The number of hydrogen-bond acceptors (Lipinski definition) is 8. The Morgan fingerprint density at radius 2 is 1.97 bits per heavy atom. The van der Waals surface area contributed by atoms with Gasteiger partial charge in [-0.3, -0.25) is 9.59 Å². The zero-order chi connectivity index (χ0) is 27.4. The van der Waals surface area contributed by atoms with E-state index >= 15 is 0 Å². The molecule has 5 N–H and O–H groups in total. The summed E-state index contributed by atoms with van der Waals surface area (Å²) in [4.78, 5) is 28.3. The third kappa shape index (κ3) is 7.92. The Bertz CT molecular complexity index is 944. The number of aliphatic hydroxyl groups is 2. The molecule has 2 heterocycles. The number of carbonyl (C=O) groups excluding carboxylic acids is 1. The third-order valence-corrected chi connectivity index (χ3v) is 8.57. The lowest BCUT2D eigenvalue weighted by molar-refractivity contribution is -0.147. The van der Waals surface area contributed by atoms with E-state index in [-0.39, 0.29) is 29.4 Å². The molecule has 8 nitrogen and oxygen atoms in total. The maximum atomic E-state index is 12.9. The van der Waals surface area contributed by atoms with Crippen LogP contribution in [-0.2, 0) is 14.3 Å². The molecule has 204 valence electrons. The second kappa shape index (κ2) is 12.3. The fourth-order valence-corrected chi connectivity index (χ4v) is 5.35. The number of aliphatic carboxylic acids is 1. The molecular weight excluding hydrogens is 480 g/mol. The largest absolute Gasteiger partial charge is 0.481 e. The Balaban J connectivity index is 1.80. The van der Waals surface area contributed by atoms with Gasteiger partial charge in [-0.15, -0.1) is 11.3 Å². The number of ether oxygens (including phenoxy) is 1. The predicted molar refractivity (Wildman–Crippen MR) is 142 cm³/mol. The van der Waals surface area contributed by atoms with E-state index in [2.05, 4.69) is 11.9 Å². The highest BCUT2D eigenvalue weighted by atomic mass is 32.1. The van der Waals surface area contributed by atoms with Crippen LogP contribution in [0.1, 0.15) is 84.3 Å². The van der Waals surface area contributed by atoms with Crippen LogP contribution in [0.5, 0.6) is 0 Å². The average Bonchev–Trinajstić information content (AvgIpc) is 3.22. The van der Waals surface area contributed by atoms with Crippen LogP contribution in [0.3, 0.4) is 0 Å². The zero-order valence-corrected chi connectivity index (χ0v) is 23.5. The van der Waals surface area contributed by atoms with Gasteiger partial charge in [0.05, 0.1) is 46.5 Å². The van der Waals surface area contributed by atoms with Crippen LogP contribution in [0.25, 0.3) is 6.08 Å². The molecule has 9 heteroatoms. The molecule has 1 saturated heterocycles. The summed E-state index contributed by atoms with van der Waals surface area (Å²) in [5, 5.41) is 33.0. The summed E-state index contributed by atoms with van der Waals surface area (Å²) in [5.41, 5.74) is 6.92. The maximum absolute atomic E-state index is 12.9. The second-order valence-electron chi connectivity index (χ2n) is 11.3. The lowest BCUT2D eigenvalue weighted by Gasteiger charge is -2.34. The summed E-state index contributed by atoms with van der Waals surface area (Å²) < 4.78 is 6.00. The van der Waals surface area contributed by atoms with Gasteiger partial charge >= 0.3 is 5.97 Å². The van der Waals surface area contributed by atoms with Gasteiger partial charge in [-0.2, -0.15) is 0 Å². The van der Waals surface area contributed by atoms with Crippen molar-refractivity contribution in [2.24, 2.45) is 23.0 Å². The minimum atomic E-state index is -1.31. The number of rotatable bonds is 15. The van der Waals surface area contributed by atoms with Crippen LogP contribution >= 0.6 is 11.3 Å². The van der Waals surface area contributed by atoms with Crippen LogP contribution < -0.4 is 5.73 Å². The van der Waals surface area contributed by atoms with Crippen LogP contribution in [0, 0.1) is 24.2 Å². The fourth-order valence-electron chi connectivity index (χ4n) is 4.78. The molecule has 1 aromatic heterocycles. The van der Waals surface area contributed by atoms with Gasteiger partial charge in [0, 0.05) is 17.3 Å². The summed E-state index contributed by atoms with van der Waals surface area (Å²) in [5.74, 6) is -2.35. The molecule has 2 rings (SSSR count). The Hall–Kier alpha value is -1.65. The first kappa shape index (κ1) is 30.6. The number of thiazole rings is 1. The SMILES string of the molecule is C/C(=C\c1csc(C)n1)[C@@H](N)C[C@@H]1O[C@]1(C)CCC[C@H](C)[C@H](O)[C@@H](C)C(=O)C(C)(C)[C@@H](O)CC(=O)O. The van der Waals surface area contributed by atoms with Crippen molar-refractivity contribution in [3.05, 3.63) is 21.7 Å². The Morgan fingerprint density at radius 1 is 1.33 bits per heavy atom. The first-order valence-electron chi connectivity index (χ1n) is 12.7. The number of aromatic nitrogens is 1. The van der Waals surface area contributed by atoms with Gasteiger partial charge < -0.3 is 25.8 Å². The summed E-state index contributed by atoms with van der Waals surface area (Å²) in [6.07, 6.45) is 2.53. The second-order valence-corrected chi connectivity index (χ2v) is 12.4. The monoisotopic (exact) mass is 524 g/mol. The highest BCUT2D eigenvalue weighted by Gasteiger charge is 2.51. The number of hydrogen-bond donors (Lipinski definition) is 4. The number of carboxylic acid groups (broad SMARTS) is 1. The topological polar surface area (TPSA) is 146 Å². The molecule has 1 aliphatic heterocycles. The van der Waals surface area contributed by atoms with Crippen LogP contribution in [0.15, 0.2) is 11.0 Å². The van der Waals surface area contributed by atoms with E-state index in [4.69, 9.17) is 15.6 Å². The first-order chi connectivity index (χ1) is 16.6. The smallest absolute Gasteiger partial charge is 0.306 e. The number of nitrogens with zero attached hydrogens (tertiary/aromatic N) is 1. The quantitative estimate of drug-likeness (QED) is 0.252. The van der Waals surface area contributed by atoms with Crippen molar-refractivity contribution in [3.63, 3.8) is 0 Å². The molecule has 0 bridgehead atoms. The highest BCUT2D eigenvalue weighted by Crippen LogP contribution is 2.44. The minimum Gasteiger partial charge on any atom is -0.481 e. The molecule has 1 aromatic rings. The standard InChI is InChI=1S/C27H44N2O6S/c1-15(24(33)17(3)25(34)26(5,6)21(30)13-23(31)32)9-8-10-27(7)22(35-27)12-20(28)16(2)11-19-14-36-18(4)29-19/h11,14-15,17,20-22,24,30,33H,8-10,12-13,28H2,1-7H3,(H,31,32)/b16-11+/t15-,17+,20-,21-,22-,24-,27+/m0/s1. The van der Waals surface area contributed by atoms with Crippen LogP contribution in [0.4, 0.5) is 0 Å². The van der Waals surface area contributed by atoms with Crippen molar-refractivity contribution < 1.29 is 29.6 Å². The fraction of sp³-hybridized carbons (Fsp3) is 0.741. The van der Waals surface area contributed by atoms with Crippen molar-refractivity contribution in [1.82, 2.24) is 4.98 Å². The molecule has 0 aliphatic carbocycles. The molecule has 0 unspecified atom stereocenters. The third-order valence-electron chi connectivity index (χ3n) is 7.78. The Morgan fingerprint density at radius 3 is 2.53 bits per heavy atom. The van der Waals surface area contributed by atoms with Gasteiger partial charge in [0.1, 0.15) is 5.78 Å². The minimum absolute atomic E-state index is 0.0882. The lowest BCUT2D eigenvalue weighted by atomic mass is 9.73. The molecule has 7 atom stereocenters. The molecule has 0 spiro atoms.